The molecule has 0 radical (unpaired) electrons. The number of benzene rings is 1. The average Bonchev–Trinajstić information content (AvgIpc) is 3.26. The number of nitrogens with zero attached hydrogens (tertiary/aromatic N) is 3. The lowest BCUT2D eigenvalue weighted by atomic mass is 10.1. The molecule has 1 aromatic carbocycles. The highest BCUT2D eigenvalue weighted by molar-refractivity contribution is 14.0. The quantitative estimate of drug-likeness (QED) is 0.390. The number of hydrogen-bond acceptors (Lipinski definition) is 4. The second kappa shape index (κ2) is 10.9. The third-order valence-corrected chi connectivity index (χ3v) is 4.67. The van der Waals surface area contributed by atoms with Gasteiger partial charge >= 0.3 is 0 Å². The third kappa shape index (κ3) is 5.63. The van der Waals surface area contributed by atoms with Crippen LogP contribution >= 0.6 is 24.0 Å². The summed E-state index contributed by atoms with van der Waals surface area (Å²) >= 11 is 0. The molecule has 0 bridgehead atoms. The van der Waals surface area contributed by atoms with Crippen LogP contribution in [0, 0.1) is 0 Å². The van der Waals surface area contributed by atoms with Gasteiger partial charge in [-0.1, -0.05) is 12.1 Å². The number of piperazine rings is 1. The molecular formula is C20H27IN4O3. The molecule has 1 fully saturated rings. The van der Waals surface area contributed by atoms with Gasteiger partial charge in [0.2, 0.25) is 0 Å². The van der Waals surface area contributed by atoms with Gasteiger partial charge in [0.05, 0.1) is 13.4 Å². The Labute approximate surface area is 182 Å². The van der Waals surface area contributed by atoms with Crippen LogP contribution in [0.25, 0.3) is 0 Å². The lowest BCUT2D eigenvalue weighted by molar-refractivity contribution is 0.0658. The normalized spacial score (nSPS) is 14.4. The standard InChI is InChI=1S/C20H26N4O3.HI/c1-21-20(22-10-9-16-5-7-17(26-2)8-6-16)24-13-11-23(12-14-24)19(25)18-4-3-15-27-18;/h3-8,15H,9-14H2,1-2H3,(H,21,22);1H. The summed E-state index contributed by atoms with van der Waals surface area (Å²) in [5.41, 5.74) is 1.24. The Morgan fingerprint density at radius 1 is 1.14 bits per heavy atom. The summed E-state index contributed by atoms with van der Waals surface area (Å²) in [6.07, 6.45) is 2.43. The van der Waals surface area contributed by atoms with Gasteiger partial charge in [0.1, 0.15) is 5.75 Å². The van der Waals surface area contributed by atoms with E-state index in [4.69, 9.17) is 9.15 Å². The number of guanidine groups is 1. The summed E-state index contributed by atoms with van der Waals surface area (Å²) in [6, 6.07) is 11.5. The van der Waals surface area contributed by atoms with Crippen LogP contribution in [0.5, 0.6) is 5.75 Å². The van der Waals surface area contributed by atoms with Gasteiger partial charge in [-0.2, -0.15) is 0 Å². The van der Waals surface area contributed by atoms with E-state index in [1.54, 1.807) is 26.3 Å². The van der Waals surface area contributed by atoms with E-state index in [0.717, 1.165) is 37.8 Å². The predicted molar refractivity (Wildman–Crippen MR) is 120 cm³/mol. The molecule has 1 N–H and O–H groups in total. The minimum atomic E-state index is -0.0536. The summed E-state index contributed by atoms with van der Waals surface area (Å²) in [5, 5.41) is 3.41. The number of nitrogens with one attached hydrogen (secondary N) is 1. The first kappa shape index (κ1) is 22.1. The van der Waals surface area contributed by atoms with Crippen molar-refractivity contribution in [2.75, 3.05) is 46.9 Å². The summed E-state index contributed by atoms with van der Waals surface area (Å²) in [7, 11) is 3.46. The maximum atomic E-state index is 12.3. The van der Waals surface area contributed by atoms with Crippen molar-refractivity contribution in [3.8, 4) is 5.75 Å². The van der Waals surface area contributed by atoms with E-state index < -0.39 is 0 Å². The molecule has 1 amide bonds. The molecule has 2 heterocycles. The molecule has 0 aliphatic carbocycles. The predicted octanol–water partition coefficient (Wildman–Crippen LogP) is 2.48. The number of hydrogen-bond donors (Lipinski definition) is 1. The Hall–Kier alpha value is -2.23. The Morgan fingerprint density at radius 2 is 1.82 bits per heavy atom. The fourth-order valence-electron chi connectivity index (χ4n) is 3.12. The van der Waals surface area contributed by atoms with E-state index in [9.17, 15) is 4.79 Å². The van der Waals surface area contributed by atoms with E-state index in [1.807, 2.05) is 17.0 Å². The first-order valence-corrected chi connectivity index (χ1v) is 9.12. The zero-order valence-electron chi connectivity index (χ0n) is 16.3. The van der Waals surface area contributed by atoms with Crippen molar-refractivity contribution < 1.29 is 13.9 Å². The van der Waals surface area contributed by atoms with Gasteiger partial charge in [0.15, 0.2) is 11.7 Å². The van der Waals surface area contributed by atoms with E-state index in [2.05, 4.69) is 27.3 Å². The fraction of sp³-hybridized carbons (Fsp3) is 0.400. The van der Waals surface area contributed by atoms with Crippen LogP contribution in [0.4, 0.5) is 0 Å². The van der Waals surface area contributed by atoms with Gasteiger partial charge in [-0.25, -0.2) is 0 Å². The molecule has 1 aliphatic heterocycles. The number of amides is 1. The van der Waals surface area contributed by atoms with Crippen molar-refractivity contribution in [3.05, 3.63) is 54.0 Å². The maximum Gasteiger partial charge on any atom is 0.289 e. The number of rotatable bonds is 5. The second-order valence-electron chi connectivity index (χ2n) is 6.33. The highest BCUT2D eigenvalue weighted by atomic mass is 127. The van der Waals surface area contributed by atoms with Gasteiger partial charge in [0, 0.05) is 39.8 Å². The zero-order valence-corrected chi connectivity index (χ0v) is 18.6. The average molecular weight is 498 g/mol. The minimum absolute atomic E-state index is 0. The summed E-state index contributed by atoms with van der Waals surface area (Å²) in [6.45, 7) is 3.59. The van der Waals surface area contributed by atoms with Crippen LogP contribution < -0.4 is 10.1 Å². The lowest BCUT2D eigenvalue weighted by Crippen LogP contribution is -2.53. The highest BCUT2D eigenvalue weighted by Gasteiger charge is 2.24. The van der Waals surface area contributed by atoms with Gasteiger partial charge in [-0.3, -0.25) is 9.79 Å². The van der Waals surface area contributed by atoms with Crippen molar-refractivity contribution in [2.45, 2.75) is 6.42 Å². The molecule has 1 aliphatic rings. The molecule has 0 unspecified atom stereocenters. The second-order valence-corrected chi connectivity index (χ2v) is 6.33. The third-order valence-electron chi connectivity index (χ3n) is 4.67. The van der Waals surface area contributed by atoms with Crippen molar-refractivity contribution in [3.63, 3.8) is 0 Å². The smallest absolute Gasteiger partial charge is 0.289 e. The number of halogens is 1. The number of carbonyl (C=O) groups is 1. The molecule has 8 heteroatoms. The van der Waals surface area contributed by atoms with Crippen LogP contribution in [0.3, 0.4) is 0 Å². The molecule has 2 aromatic rings. The number of aliphatic imine (C=N–C) groups is 1. The minimum Gasteiger partial charge on any atom is -0.497 e. The molecule has 1 saturated heterocycles. The molecule has 3 rings (SSSR count). The largest absolute Gasteiger partial charge is 0.497 e. The van der Waals surface area contributed by atoms with Crippen molar-refractivity contribution >= 4 is 35.8 Å². The molecular weight excluding hydrogens is 471 g/mol. The van der Waals surface area contributed by atoms with Crippen molar-refractivity contribution in [2.24, 2.45) is 4.99 Å². The summed E-state index contributed by atoms with van der Waals surface area (Å²) in [5.74, 6) is 2.07. The van der Waals surface area contributed by atoms with Gasteiger partial charge < -0.3 is 24.3 Å². The first-order chi connectivity index (χ1) is 13.2. The number of ether oxygens (including phenoxy) is 1. The van der Waals surface area contributed by atoms with E-state index in [0.29, 0.717) is 18.8 Å². The molecule has 0 atom stereocenters. The SMILES string of the molecule is CN=C(NCCc1ccc(OC)cc1)N1CCN(C(=O)c2ccco2)CC1.I. The molecule has 0 spiro atoms. The molecule has 1 aromatic heterocycles. The molecule has 0 saturated carbocycles. The lowest BCUT2D eigenvalue weighted by Gasteiger charge is -2.36. The van der Waals surface area contributed by atoms with E-state index in [1.165, 1.54) is 11.8 Å². The summed E-state index contributed by atoms with van der Waals surface area (Å²) < 4.78 is 10.4. The van der Waals surface area contributed by atoms with Gasteiger partial charge in [-0.05, 0) is 36.2 Å². The van der Waals surface area contributed by atoms with Crippen LogP contribution in [0.1, 0.15) is 16.1 Å². The summed E-state index contributed by atoms with van der Waals surface area (Å²) in [4.78, 5) is 20.7. The fourth-order valence-corrected chi connectivity index (χ4v) is 3.12. The van der Waals surface area contributed by atoms with E-state index >= 15 is 0 Å². The van der Waals surface area contributed by atoms with Crippen LogP contribution in [0.15, 0.2) is 52.1 Å². The number of methoxy groups -OCH3 is 1. The molecule has 7 nitrogen and oxygen atoms in total. The van der Waals surface area contributed by atoms with Crippen LogP contribution in [-0.4, -0.2) is 68.5 Å². The van der Waals surface area contributed by atoms with Crippen LogP contribution in [-0.2, 0) is 6.42 Å². The molecule has 152 valence electrons. The van der Waals surface area contributed by atoms with Gasteiger partial charge in [-0.15, -0.1) is 24.0 Å². The van der Waals surface area contributed by atoms with Crippen molar-refractivity contribution in [1.82, 2.24) is 15.1 Å². The van der Waals surface area contributed by atoms with E-state index in [-0.39, 0.29) is 29.9 Å². The topological polar surface area (TPSA) is 70.3 Å². The highest BCUT2D eigenvalue weighted by Crippen LogP contribution is 2.12. The monoisotopic (exact) mass is 498 g/mol. The first-order valence-electron chi connectivity index (χ1n) is 9.12. The number of carbonyl (C=O) groups excluding carboxylic acids is 1. The Balaban J connectivity index is 0.00000280. The number of furan rings is 1. The van der Waals surface area contributed by atoms with Crippen molar-refractivity contribution in [1.29, 1.82) is 0 Å². The van der Waals surface area contributed by atoms with Crippen LogP contribution in [0.2, 0.25) is 0 Å². The Morgan fingerprint density at radius 3 is 2.39 bits per heavy atom. The Kier molecular flexibility index (Phi) is 8.62. The Bertz CT molecular complexity index is 754. The maximum absolute atomic E-state index is 12.3. The van der Waals surface area contributed by atoms with Gasteiger partial charge in [0.25, 0.3) is 5.91 Å². The zero-order chi connectivity index (χ0) is 19.1. The molecule has 28 heavy (non-hydrogen) atoms.